The largest absolute Gasteiger partial charge is 0.472 e. The zero-order valence-electron chi connectivity index (χ0n) is 56.3. The fourth-order valence-electron chi connectivity index (χ4n) is 10.2. The normalized spacial score (nSPS) is 14.2. The zero-order chi connectivity index (χ0) is 64.3. The number of phosphoric acid groups is 2. The maximum absolute atomic E-state index is 13.0. The molecule has 0 aliphatic carbocycles. The number of rotatable bonds is 67. The Morgan fingerprint density at radius 1 is 0.310 bits per heavy atom. The molecule has 0 rings (SSSR count). The van der Waals surface area contributed by atoms with Gasteiger partial charge in [0.2, 0.25) is 0 Å². The van der Waals surface area contributed by atoms with E-state index in [1.54, 1.807) is 0 Å². The number of aliphatic hydroxyl groups excluding tert-OH is 1. The minimum atomic E-state index is -4.95. The van der Waals surface area contributed by atoms with Crippen molar-refractivity contribution in [2.24, 2.45) is 11.8 Å². The first-order valence-corrected chi connectivity index (χ1v) is 38.5. The Balaban J connectivity index is 5.16. The van der Waals surface area contributed by atoms with E-state index in [0.717, 1.165) is 108 Å². The Bertz CT molecular complexity index is 1700. The average molecular weight is 1280 g/mol. The van der Waals surface area contributed by atoms with Crippen LogP contribution in [0.4, 0.5) is 0 Å². The molecule has 19 heteroatoms. The molecule has 0 saturated carbocycles. The third kappa shape index (κ3) is 62.6. The average Bonchev–Trinajstić information content (AvgIpc) is 3.53. The van der Waals surface area contributed by atoms with Gasteiger partial charge < -0.3 is 33.8 Å². The van der Waals surface area contributed by atoms with E-state index in [1.807, 2.05) is 0 Å². The molecular weight excluding hydrogens is 1150 g/mol. The lowest BCUT2D eigenvalue weighted by Crippen LogP contribution is -2.30. The van der Waals surface area contributed by atoms with Crippen LogP contribution in [0.3, 0.4) is 0 Å². The highest BCUT2D eigenvalue weighted by Gasteiger charge is 2.30. The summed E-state index contributed by atoms with van der Waals surface area (Å²) in [5, 5.41) is 10.5. The summed E-state index contributed by atoms with van der Waals surface area (Å²) in [5.41, 5.74) is 0. The maximum atomic E-state index is 13.0. The summed E-state index contributed by atoms with van der Waals surface area (Å²) in [4.78, 5) is 72.2. The molecule has 0 aliphatic heterocycles. The lowest BCUT2D eigenvalue weighted by molar-refractivity contribution is -0.161. The van der Waals surface area contributed by atoms with Crippen LogP contribution in [0.15, 0.2) is 0 Å². The van der Waals surface area contributed by atoms with Gasteiger partial charge in [0.25, 0.3) is 0 Å². The Kier molecular flexibility index (Phi) is 59.0. The molecule has 0 heterocycles. The monoisotopic (exact) mass is 1280 g/mol. The molecule has 0 amide bonds. The van der Waals surface area contributed by atoms with Crippen molar-refractivity contribution in [2.45, 2.75) is 362 Å². The number of phosphoric ester groups is 2. The molecule has 0 aromatic heterocycles. The molecule has 0 aromatic rings. The van der Waals surface area contributed by atoms with E-state index in [1.165, 1.54) is 154 Å². The molecule has 0 spiro atoms. The fourth-order valence-corrected chi connectivity index (χ4v) is 11.8. The van der Waals surface area contributed by atoms with Crippen molar-refractivity contribution in [3.63, 3.8) is 0 Å². The first kappa shape index (κ1) is 85.1. The Morgan fingerprint density at radius 3 is 0.782 bits per heavy atom. The van der Waals surface area contributed by atoms with E-state index in [0.29, 0.717) is 25.7 Å². The highest BCUT2D eigenvalue weighted by atomic mass is 31.2. The molecule has 0 aromatic carbocycles. The van der Waals surface area contributed by atoms with Crippen LogP contribution in [0, 0.1) is 11.8 Å². The summed E-state index contributed by atoms with van der Waals surface area (Å²) in [6, 6.07) is 0. The van der Waals surface area contributed by atoms with E-state index in [-0.39, 0.29) is 25.7 Å². The zero-order valence-corrected chi connectivity index (χ0v) is 58.1. The van der Waals surface area contributed by atoms with Gasteiger partial charge in [0.15, 0.2) is 12.2 Å². The molecular formula is C68H132O17P2. The van der Waals surface area contributed by atoms with Crippen molar-refractivity contribution in [2.75, 3.05) is 39.6 Å². The van der Waals surface area contributed by atoms with E-state index < -0.39 is 97.5 Å². The molecule has 516 valence electrons. The van der Waals surface area contributed by atoms with Crippen LogP contribution in [-0.4, -0.2) is 96.7 Å². The highest BCUT2D eigenvalue weighted by Crippen LogP contribution is 2.45. The van der Waals surface area contributed by atoms with Gasteiger partial charge in [0, 0.05) is 25.7 Å². The standard InChI is InChI=1S/C68H132O17P2/c1-7-9-11-13-14-15-16-22-29-34-40-46-52-67(72)84-63(56-78-65(70)50-44-36-12-10-8-2)58-82-86(74,75)80-54-62(69)55-81-87(76,77)83-59-64(57-79-66(71)51-45-39-33-28-25-24-27-32-38-43-49-61(5)6)85-68(73)53-47-41-35-30-23-20-18-17-19-21-26-31-37-42-48-60(3)4/h60-64,69H,7-59H2,1-6H3,(H,74,75)(H,76,77)/t62-,63+,64+/m0/s1. The van der Waals surface area contributed by atoms with Crippen molar-refractivity contribution in [1.82, 2.24) is 0 Å². The van der Waals surface area contributed by atoms with Crippen LogP contribution < -0.4 is 0 Å². The van der Waals surface area contributed by atoms with Crippen molar-refractivity contribution in [1.29, 1.82) is 0 Å². The summed E-state index contributed by atoms with van der Waals surface area (Å²) in [6.45, 7) is 9.46. The summed E-state index contributed by atoms with van der Waals surface area (Å²) in [6.07, 6.45) is 44.7. The van der Waals surface area contributed by atoms with Crippen LogP contribution in [-0.2, 0) is 65.4 Å². The molecule has 3 N–H and O–H groups in total. The molecule has 0 radical (unpaired) electrons. The molecule has 0 aliphatic rings. The summed E-state index contributed by atoms with van der Waals surface area (Å²) < 4.78 is 68.0. The van der Waals surface area contributed by atoms with Gasteiger partial charge in [-0.1, -0.05) is 292 Å². The van der Waals surface area contributed by atoms with Gasteiger partial charge in [-0.15, -0.1) is 0 Å². The van der Waals surface area contributed by atoms with Crippen LogP contribution in [0.2, 0.25) is 0 Å². The predicted octanol–water partition coefficient (Wildman–Crippen LogP) is 19.2. The van der Waals surface area contributed by atoms with Gasteiger partial charge >= 0.3 is 39.5 Å². The lowest BCUT2D eigenvalue weighted by Gasteiger charge is -2.21. The predicted molar refractivity (Wildman–Crippen MR) is 349 cm³/mol. The number of esters is 4. The van der Waals surface area contributed by atoms with Gasteiger partial charge in [-0.05, 0) is 37.5 Å². The highest BCUT2D eigenvalue weighted by molar-refractivity contribution is 7.47. The first-order chi connectivity index (χ1) is 41.9. The van der Waals surface area contributed by atoms with Crippen LogP contribution in [0.25, 0.3) is 0 Å². The minimum Gasteiger partial charge on any atom is -0.462 e. The van der Waals surface area contributed by atoms with E-state index in [9.17, 15) is 43.2 Å². The van der Waals surface area contributed by atoms with Crippen LogP contribution in [0.5, 0.6) is 0 Å². The third-order valence-electron chi connectivity index (χ3n) is 15.7. The van der Waals surface area contributed by atoms with Crippen molar-refractivity contribution in [3.05, 3.63) is 0 Å². The molecule has 17 nitrogen and oxygen atoms in total. The molecule has 5 atom stereocenters. The summed E-state index contributed by atoms with van der Waals surface area (Å²) in [5.74, 6) is -0.583. The van der Waals surface area contributed by atoms with Crippen LogP contribution in [0.1, 0.15) is 343 Å². The Hall–Kier alpha value is -1.94. The fraction of sp³-hybridized carbons (Fsp3) is 0.941. The number of carbonyl (C=O) groups excluding carboxylic acids is 4. The number of aliphatic hydroxyl groups is 1. The van der Waals surface area contributed by atoms with Gasteiger partial charge in [0.05, 0.1) is 26.4 Å². The number of hydrogen-bond donors (Lipinski definition) is 3. The second-order valence-corrected chi connectivity index (χ2v) is 28.4. The van der Waals surface area contributed by atoms with Crippen molar-refractivity contribution < 1.29 is 80.2 Å². The molecule has 2 unspecified atom stereocenters. The topological polar surface area (TPSA) is 237 Å². The Labute approximate surface area is 530 Å². The second-order valence-electron chi connectivity index (χ2n) is 25.5. The maximum Gasteiger partial charge on any atom is 0.472 e. The molecule has 0 fully saturated rings. The molecule has 87 heavy (non-hydrogen) atoms. The smallest absolute Gasteiger partial charge is 0.462 e. The van der Waals surface area contributed by atoms with Crippen molar-refractivity contribution >= 4 is 39.5 Å². The summed E-state index contributed by atoms with van der Waals surface area (Å²) >= 11 is 0. The number of unbranched alkanes of at least 4 members (excludes halogenated alkanes) is 37. The Morgan fingerprint density at radius 2 is 0.529 bits per heavy atom. The number of ether oxygens (including phenoxy) is 4. The van der Waals surface area contributed by atoms with Crippen LogP contribution >= 0.6 is 15.6 Å². The lowest BCUT2D eigenvalue weighted by atomic mass is 10.0. The van der Waals surface area contributed by atoms with E-state index in [2.05, 4.69) is 41.5 Å². The number of carbonyl (C=O) groups is 4. The summed E-state index contributed by atoms with van der Waals surface area (Å²) in [7, 11) is -9.89. The van der Waals surface area contributed by atoms with E-state index >= 15 is 0 Å². The molecule has 0 saturated heterocycles. The van der Waals surface area contributed by atoms with E-state index in [4.69, 9.17) is 37.0 Å². The minimum absolute atomic E-state index is 0.106. The van der Waals surface area contributed by atoms with Gasteiger partial charge in [-0.3, -0.25) is 37.3 Å². The van der Waals surface area contributed by atoms with Crippen molar-refractivity contribution in [3.8, 4) is 0 Å². The van der Waals surface area contributed by atoms with Gasteiger partial charge in [-0.25, -0.2) is 9.13 Å². The number of hydrogen-bond acceptors (Lipinski definition) is 15. The SMILES string of the molecule is CCCCCCCCCCCCCCC(=O)O[C@H](COC(=O)CCCCCCC)COP(=O)(O)OC[C@H](O)COP(=O)(O)OC[C@@H](COC(=O)CCCCCCCCCCCCC(C)C)OC(=O)CCCCCCCCCCCCCCCCC(C)C. The second kappa shape index (κ2) is 60.3. The van der Waals surface area contributed by atoms with Gasteiger partial charge in [-0.2, -0.15) is 0 Å². The quantitative estimate of drug-likeness (QED) is 0.0222. The molecule has 0 bridgehead atoms. The van der Waals surface area contributed by atoms with Gasteiger partial charge in [0.1, 0.15) is 19.3 Å². The first-order valence-electron chi connectivity index (χ1n) is 35.5. The third-order valence-corrected chi connectivity index (χ3v) is 17.6.